The largest absolute Gasteiger partial charge is 0.479 e. The minimum Gasteiger partial charge on any atom is -0.479 e. The zero-order valence-corrected chi connectivity index (χ0v) is 64.6. The van der Waals surface area contributed by atoms with E-state index in [0.717, 1.165) is 25.7 Å². The Morgan fingerprint density at radius 2 is 0.849 bits per heavy atom. The standard InChI is InChI=1S/2C39H52N4O9S/c2*1-23-11-7-8-12-25-20-39(25,37(47)42-53(48,49)27-15-16-27)21-32(44)31-18-26(51-35-29-14-10-9-13-28(29)34(50-6)40-41-35)22-43(31)36(46)30(24(2)17-23)19-33(45)52-38(3,4)5/h2*8-10,12-14,23-27,30-31H,7,11,15-22H2,1-6H3,(H,42,47)/b2*12-8-/t23-,24+,25+,26+,30-,31-,39+;23-,24-,25-,26-,30+,31+,39-/m01/s1. The second-order valence-corrected chi connectivity index (χ2v) is 37.0. The molecule has 0 radical (unpaired) electrons. The predicted octanol–water partition coefficient (Wildman–Crippen LogP) is 9.84. The Morgan fingerprint density at radius 3 is 1.18 bits per heavy atom. The third kappa shape index (κ3) is 18.5. The number of ether oxygens (including phenoxy) is 6. The quantitative estimate of drug-likeness (QED) is 0.0778. The molecule has 4 aliphatic heterocycles. The van der Waals surface area contributed by atoms with Crippen molar-refractivity contribution < 1.29 is 83.6 Å². The van der Waals surface area contributed by atoms with Crippen LogP contribution in [-0.4, -0.2) is 167 Å². The zero-order chi connectivity index (χ0) is 76.6. The molecule has 106 heavy (non-hydrogen) atoms. The highest BCUT2D eigenvalue weighted by Gasteiger charge is 2.63. The number of methoxy groups -OCH3 is 2. The molecular formula is C78H104N8O18S2. The van der Waals surface area contributed by atoms with Crippen LogP contribution in [0.2, 0.25) is 0 Å². The van der Waals surface area contributed by atoms with Crippen LogP contribution < -0.4 is 28.4 Å². The summed E-state index contributed by atoms with van der Waals surface area (Å²) in [6.07, 6.45) is 13.0. The van der Waals surface area contributed by atoms with Gasteiger partial charge in [0.25, 0.3) is 0 Å². The summed E-state index contributed by atoms with van der Waals surface area (Å²) in [7, 11) is -4.71. The molecule has 28 heteroatoms. The molecule has 0 unspecified atom stereocenters. The van der Waals surface area contributed by atoms with Crippen LogP contribution in [0.3, 0.4) is 0 Å². The number of esters is 2. The van der Waals surface area contributed by atoms with Gasteiger partial charge in [-0.1, -0.05) is 76.3 Å². The molecule has 26 nitrogen and oxygen atoms in total. The predicted molar refractivity (Wildman–Crippen MR) is 392 cm³/mol. The Morgan fingerprint density at radius 1 is 0.509 bits per heavy atom. The van der Waals surface area contributed by atoms with Crippen molar-refractivity contribution >= 4 is 88.7 Å². The fourth-order valence-corrected chi connectivity index (χ4v) is 18.8. The second kappa shape index (κ2) is 31.6. The van der Waals surface area contributed by atoms with E-state index in [4.69, 9.17) is 28.4 Å². The van der Waals surface area contributed by atoms with Crippen molar-refractivity contribution in [3.05, 3.63) is 72.8 Å². The van der Waals surface area contributed by atoms with Crippen LogP contribution in [0.1, 0.15) is 185 Å². The zero-order valence-electron chi connectivity index (χ0n) is 63.0. The van der Waals surface area contributed by atoms with E-state index in [2.05, 4.69) is 43.7 Å². The lowest BCUT2D eigenvalue weighted by Gasteiger charge is -2.32. The molecule has 0 spiro atoms. The molecule has 2 saturated heterocycles. The van der Waals surface area contributed by atoms with Crippen LogP contribution in [0, 0.1) is 58.2 Å². The Labute approximate surface area is 621 Å². The number of Topliss-reactive ketones (excluding diaryl/α,β-unsaturated/α-hetero) is 2. The van der Waals surface area contributed by atoms with Crippen LogP contribution in [0.15, 0.2) is 72.8 Å². The number of rotatable bonds is 16. The number of hydrogen-bond donors (Lipinski definition) is 2. The lowest BCUT2D eigenvalue weighted by Crippen LogP contribution is -2.47. The molecule has 576 valence electrons. The first-order chi connectivity index (χ1) is 50.0. The average Bonchev–Trinajstić information content (AvgIpc) is 1.57. The Hall–Kier alpha value is -8.14. The molecule has 12 rings (SSSR count). The number of carbonyl (C=O) groups excluding carboxylic acids is 8. The van der Waals surface area contributed by atoms with Crippen LogP contribution in [0.4, 0.5) is 0 Å². The summed E-state index contributed by atoms with van der Waals surface area (Å²) >= 11 is 0. The van der Waals surface area contributed by atoms with E-state index in [1.54, 1.807) is 41.5 Å². The van der Waals surface area contributed by atoms with Gasteiger partial charge in [0, 0.05) is 25.7 Å². The van der Waals surface area contributed by atoms with Crippen molar-refractivity contribution in [1.29, 1.82) is 0 Å². The van der Waals surface area contributed by atoms with E-state index < -0.39 is 112 Å². The number of benzene rings is 2. The van der Waals surface area contributed by atoms with Crippen molar-refractivity contribution in [2.45, 2.75) is 231 Å². The number of hydrogen-bond acceptors (Lipinski definition) is 22. The van der Waals surface area contributed by atoms with Gasteiger partial charge in [-0.25, -0.2) is 16.8 Å². The highest BCUT2D eigenvalue weighted by Crippen LogP contribution is 2.59. The third-order valence-corrected chi connectivity index (χ3v) is 25.8. The molecule has 4 aliphatic carbocycles. The summed E-state index contributed by atoms with van der Waals surface area (Å²) in [5.74, 6) is -4.94. The summed E-state index contributed by atoms with van der Waals surface area (Å²) in [5.41, 5.74) is -4.01. The lowest BCUT2D eigenvalue weighted by atomic mass is 9.82. The summed E-state index contributed by atoms with van der Waals surface area (Å²) in [4.78, 5) is 116. The molecule has 4 aromatic rings. The number of carbonyl (C=O) groups is 8. The Bertz CT molecular complexity index is 4050. The third-order valence-electron chi connectivity index (χ3n) is 22.1. The smallest absolute Gasteiger partial charge is 0.307 e. The van der Waals surface area contributed by atoms with Gasteiger partial charge in [0.05, 0.1) is 107 Å². The topological polar surface area (TPSA) is 342 Å². The first-order valence-corrected chi connectivity index (χ1v) is 40.6. The molecule has 2 aromatic heterocycles. The molecule has 4 amide bonds. The summed E-state index contributed by atoms with van der Waals surface area (Å²) in [5, 5.41) is 18.3. The maximum absolute atomic E-state index is 14.8. The van der Waals surface area contributed by atoms with Gasteiger partial charge in [0.2, 0.25) is 67.2 Å². The number of sulfonamides is 2. The molecule has 0 bridgehead atoms. The van der Waals surface area contributed by atoms with Gasteiger partial charge < -0.3 is 38.2 Å². The van der Waals surface area contributed by atoms with E-state index in [0.29, 0.717) is 84.7 Å². The average molecular weight is 1510 g/mol. The van der Waals surface area contributed by atoms with E-state index in [-0.39, 0.29) is 122 Å². The summed E-state index contributed by atoms with van der Waals surface area (Å²) in [6.45, 7) is 18.9. The van der Waals surface area contributed by atoms with Gasteiger partial charge in [-0.15, -0.1) is 20.4 Å². The lowest BCUT2D eigenvalue weighted by molar-refractivity contribution is -0.160. The number of fused-ring (bicyclic) bond motifs is 6. The van der Waals surface area contributed by atoms with Gasteiger partial charge in [-0.05, 0) is 178 Å². The van der Waals surface area contributed by atoms with E-state index in [1.807, 2.05) is 86.7 Å². The molecule has 4 saturated carbocycles. The second-order valence-electron chi connectivity index (χ2n) is 33.1. The SMILES string of the molecule is COc1nnc(O[C@@H]2C[C@H]3C(=O)C[C@]4(C(=O)NS(=O)(=O)C5CC5)C[C@H]4/C=C\CC[C@@H](C)C[C@@H](C)[C@H](CC(=O)OC(C)(C)C)C(=O)N3C2)c2ccccc12.COc1nnc(O[C@@H]2C[C@H]3C(=O)C[C@]4(C(=O)NS(=O)(=O)C5CC5)C[C@H]4/C=C\CC[C@H](C)C[C@@H](C)[C@H](CC(=O)OC(C)(C)C)C(=O)N3C2)c2ccccc12. The summed E-state index contributed by atoms with van der Waals surface area (Å²) < 4.78 is 91.1. The molecule has 8 aliphatic rings. The van der Waals surface area contributed by atoms with Gasteiger partial charge in [-0.2, -0.15) is 0 Å². The molecule has 2 N–H and O–H groups in total. The van der Waals surface area contributed by atoms with Crippen LogP contribution in [-0.2, 0) is 67.9 Å². The maximum atomic E-state index is 14.8. The molecule has 6 fully saturated rings. The first-order valence-electron chi connectivity index (χ1n) is 37.5. The fourth-order valence-electron chi connectivity index (χ4n) is 16.0. The molecule has 14 atom stereocenters. The van der Waals surface area contributed by atoms with Gasteiger partial charge >= 0.3 is 11.9 Å². The first kappa shape index (κ1) is 78.9. The number of amides is 4. The van der Waals surface area contributed by atoms with Gasteiger partial charge in [0.1, 0.15) is 23.4 Å². The number of aromatic nitrogens is 4. The van der Waals surface area contributed by atoms with Crippen LogP contribution in [0.5, 0.6) is 23.5 Å². The van der Waals surface area contributed by atoms with Crippen molar-refractivity contribution in [2.24, 2.45) is 58.2 Å². The van der Waals surface area contributed by atoms with Crippen LogP contribution >= 0.6 is 0 Å². The van der Waals surface area contributed by atoms with Crippen molar-refractivity contribution in [1.82, 2.24) is 39.6 Å². The van der Waals surface area contributed by atoms with Crippen LogP contribution in [0.25, 0.3) is 21.5 Å². The summed E-state index contributed by atoms with van der Waals surface area (Å²) in [6, 6.07) is 12.7. The highest BCUT2D eigenvalue weighted by atomic mass is 32.2. The van der Waals surface area contributed by atoms with Crippen molar-refractivity contribution in [2.75, 3.05) is 27.3 Å². The number of allylic oxidation sites excluding steroid dienone is 4. The van der Waals surface area contributed by atoms with Gasteiger partial charge in [0.15, 0.2) is 11.6 Å². The molecule has 6 heterocycles. The van der Waals surface area contributed by atoms with E-state index >= 15 is 0 Å². The minimum absolute atomic E-state index is 0.0307. The maximum Gasteiger partial charge on any atom is 0.307 e. The Balaban J connectivity index is 0.000000212. The number of nitrogens with zero attached hydrogens (tertiary/aromatic N) is 6. The monoisotopic (exact) mass is 1500 g/mol. The van der Waals surface area contributed by atoms with Crippen molar-refractivity contribution in [3.8, 4) is 23.5 Å². The minimum atomic E-state index is -3.85. The Kier molecular flexibility index (Phi) is 23.5. The number of nitrogens with one attached hydrogen (secondary N) is 2. The normalized spacial score (nSPS) is 30.3. The number of ketones is 2. The van der Waals surface area contributed by atoms with E-state index in [9.17, 15) is 55.2 Å². The van der Waals surface area contributed by atoms with E-state index in [1.165, 1.54) is 24.0 Å². The molecular weight excluding hydrogens is 1400 g/mol. The van der Waals surface area contributed by atoms with Crippen molar-refractivity contribution in [3.63, 3.8) is 0 Å². The van der Waals surface area contributed by atoms with Gasteiger partial charge in [-0.3, -0.25) is 47.8 Å². The fraction of sp³-hybridized carbons (Fsp3) is 0.641. The highest BCUT2D eigenvalue weighted by molar-refractivity contribution is 7.91. The molecule has 2 aromatic carbocycles.